The average Bonchev–Trinajstić information content (AvgIpc) is 4.10. The first-order valence-corrected chi connectivity index (χ1v) is 18.9. The molecule has 2 unspecified atom stereocenters. The summed E-state index contributed by atoms with van der Waals surface area (Å²) in [6, 6.07) is 31.2. The molecule has 12 heteroatoms. The number of unbranched alkanes of at least 4 members (excludes halogenated alkanes) is 2. The number of benzene rings is 4. The molecule has 0 spiro atoms. The highest BCUT2D eigenvalue weighted by atomic mass is 16.6. The highest BCUT2D eigenvalue weighted by Crippen LogP contribution is 2.16. The van der Waals surface area contributed by atoms with Crippen LogP contribution in [-0.2, 0) is 33.3 Å². The van der Waals surface area contributed by atoms with Crippen molar-refractivity contribution in [3.63, 3.8) is 0 Å². The van der Waals surface area contributed by atoms with E-state index in [1.807, 2.05) is 36.4 Å². The third-order valence-corrected chi connectivity index (χ3v) is 7.96. The number of phenols is 1. The molecule has 5 rings (SSSR count). The molecule has 0 amide bonds. The van der Waals surface area contributed by atoms with E-state index in [1.54, 1.807) is 60.7 Å². The van der Waals surface area contributed by atoms with E-state index in [2.05, 4.69) is 13.2 Å². The maximum atomic E-state index is 12.4. The summed E-state index contributed by atoms with van der Waals surface area (Å²) in [5.74, 6) is -0.147. The van der Waals surface area contributed by atoms with Gasteiger partial charge >= 0.3 is 11.9 Å². The minimum Gasteiger partial charge on any atom is -0.508 e. The van der Waals surface area contributed by atoms with Gasteiger partial charge < -0.3 is 38.6 Å². The summed E-state index contributed by atoms with van der Waals surface area (Å²) in [5.41, 5.74) is 2.45. The van der Waals surface area contributed by atoms with Crippen LogP contribution in [0.4, 0.5) is 0 Å². The zero-order valence-electron chi connectivity index (χ0n) is 32.6. The maximum absolute atomic E-state index is 12.4. The van der Waals surface area contributed by atoms with Crippen LogP contribution in [0.25, 0.3) is 0 Å². The number of carbonyl (C=O) groups is 4. The zero-order valence-corrected chi connectivity index (χ0v) is 32.6. The second-order valence-corrected chi connectivity index (χ2v) is 12.7. The SMILES string of the molecule is C=CC(=O)OCCCCOCC(O)COc1ccc(C(=O)c2ccccc2)cc1.C=CC(=O)OCCCCOCC1CO1.O=C(c1ccccc1)c1ccc(O)cc1. The lowest BCUT2D eigenvalue weighted by Gasteiger charge is -2.13. The molecule has 0 bridgehead atoms. The lowest BCUT2D eigenvalue weighted by Crippen LogP contribution is -2.23. The van der Waals surface area contributed by atoms with E-state index in [0.717, 1.165) is 31.9 Å². The molecule has 2 N–H and O–H groups in total. The van der Waals surface area contributed by atoms with Gasteiger partial charge in [-0.3, -0.25) is 9.59 Å². The van der Waals surface area contributed by atoms with E-state index in [1.165, 1.54) is 18.2 Å². The molecular weight excluding hydrogens is 744 g/mol. The number of phenolic OH excluding ortho intramolecular Hbond substituents is 1. The molecule has 12 nitrogen and oxygen atoms in total. The summed E-state index contributed by atoms with van der Waals surface area (Å²) in [4.78, 5) is 45.7. The van der Waals surface area contributed by atoms with Gasteiger partial charge in [0.15, 0.2) is 11.6 Å². The van der Waals surface area contributed by atoms with E-state index in [9.17, 15) is 24.3 Å². The molecule has 1 aliphatic heterocycles. The molecule has 308 valence electrons. The molecule has 1 aliphatic rings. The van der Waals surface area contributed by atoms with Crippen LogP contribution in [0, 0.1) is 0 Å². The monoisotopic (exact) mass is 796 g/mol. The quantitative estimate of drug-likeness (QED) is 0.0268. The number of aliphatic hydroxyl groups is 1. The zero-order chi connectivity index (χ0) is 41.8. The van der Waals surface area contributed by atoms with Gasteiger partial charge in [-0.1, -0.05) is 73.8 Å². The van der Waals surface area contributed by atoms with E-state index < -0.39 is 12.1 Å². The first-order valence-electron chi connectivity index (χ1n) is 18.9. The fourth-order valence-corrected chi connectivity index (χ4v) is 4.74. The predicted molar refractivity (Wildman–Crippen MR) is 218 cm³/mol. The van der Waals surface area contributed by atoms with Crippen molar-refractivity contribution in [2.45, 2.75) is 37.9 Å². The first kappa shape index (κ1) is 46.5. The summed E-state index contributed by atoms with van der Waals surface area (Å²) in [6.07, 6.45) is 4.98. The van der Waals surface area contributed by atoms with Crippen molar-refractivity contribution in [2.75, 3.05) is 52.9 Å². The van der Waals surface area contributed by atoms with Gasteiger partial charge in [0.25, 0.3) is 0 Å². The number of hydrogen-bond donors (Lipinski definition) is 2. The van der Waals surface area contributed by atoms with Gasteiger partial charge in [-0.2, -0.15) is 0 Å². The Hall–Kier alpha value is -5.92. The minimum absolute atomic E-state index is 0.0319. The molecule has 0 aromatic heterocycles. The van der Waals surface area contributed by atoms with Crippen molar-refractivity contribution in [3.05, 3.63) is 157 Å². The number of rotatable bonds is 23. The first-order chi connectivity index (χ1) is 28.2. The van der Waals surface area contributed by atoms with Crippen LogP contribution in [0.3, 0.4) is 0 Å². The fraction of sp³-hybridized carbons (Fsp3) is 0.304. The average molecular weight is 797 g/mol. The van der Waals surface area contributed by atoms with E-state index in [-0.39, 0.29) is 36.5 Å². The van der Waals surface area contributed by atoms with E-state index in [4.69, 9.17) is 33.5 Å². The molecule has 2 atom stereocenters. The molecule has 0 saturated carbocycles. The fourth-order valence-electron chi connectivity index (χ4n) is 4.74. The lowest BCUT2D eigenvalue weighted by atomic mass is 10.0. The molecule has 1 saturated heterocycles. The summed E-state index contributed by atoms with van der Waals surface area (Å²) in [6.45, 7) is 10.3. The number of epoxide rings is 1. The topological polar surface area (TPSA) is 167 Å². The Bertz CT molecular complexity index is 1810. The summed E-state index contributed by atoms with van der Waals surface area (Å²) < 4.78 is 30.8. The van der Waals surface area contributed by atoms with Crippen molar-refractivity contribution < 1.29 is 57.8 Å². The normalized spacial score (nSPS) is 12.9. The number of carbonyl (C=O) groups excluding carboxylic acids is 4. The summed E-state index contributed by atoms with van der Waals surface area (Å²) >= 11 is 0. The van der Waals surface area contributed by atoms with Gasteiger partial charge in [-0.25, -0.2) is 9.59 Å². The molecular formula is C46H52O12. The molecule has 4 aromatic carbocycles. The standard InChI is InChI=1S/C23H26O6.C13H10O2.C10H16O4/c1-2-22(25)28-15-7-6-14-27-16-20(24)17-29-21-12-10-19(11-13-21)23(26)18-8-4-3-5-9-18;14-12-8-6-11(7-9-12)13(15)10-4-2-1-3-5-10;1-2-10(11)13-6-4-3-5-12-7-9-8-14-9/h2-5,8-13,20,24H,1,6-7,14-17H2;1-9,14H;2,9H,1,3-8H2. The van der Waals surface area contributed by atoms with Crippen LogP contribution >= 0.6 is 0 Å². The molecule has 1 heterocycles. The van der Waals surface area contributed by atoms with E-state index in [0.29, 0.717) is 73.6 Å². The summed E-state index contributed by atoms with van der Waals surface area (Å²) in [5, 5.41) is 19.0. The second-order valence-electron chi connectivity index (χ2n) is 12.7. The number of ether oxygens (including phenoxy) is 6. The lowest BCUT2D eigenvalue weighted by molar-refractivity contribution is -0.138. The third kappa shape index (κ3) is 19.8. The molecule has 4 aromatic rings. The minimum atomic E-state index is -0.765. The Kier molecular flexibility index (Phi) is 22.1. The second kappa shape index (κ2) is 27.6. The van der Waals surface area contributed by atoms with Crippen LogP contribution in [0.1, 0.15) is 57.5 Å². The smallest absolute Gasteiger partial charge is 0.330 e. The Morgan fingerprint density at radius 2 is 1.05 bits per heavy atom. The number of aliphatic hydroxyl groups excluding tert-OH is 1. The van der Waals surface area contributed by atoms with Gasteiger partial charge in [0.05, 0.1) is 33.0 Å². The van der Waals surface area contributed by atoms with Gasteiger partial charge in [-0.05, 0) is 74.2 Å². The van der Waals surface area contributed by atoms with Crippen molar-refractivity contribution >= 4 is 23.5 Å². The van der Waals surface area contributed by atoms with Crippen molar-refractivity contribution in [2.24, 2.45) is 0 Å². The van der Waals surface area contributed by atoms with Crippen LogP contribution in [0.5, 0.6) is 11.5 Å². The Balaban J connectivity index is 0.000000259. The summed E-state index contributed by atoms with van der Waals surface area (Å²) in [7, 11) is 0. The van der Waals surface area contributed by atoms with E-state index >= 15 is 0 Å². The van der Waals surface area contributed by atoms with Gasteiger partial charge in [0.1, 0.15) is 30.3 Å². The van der Waals surface area contributed by atoms with Crippen LogP contribution < -0.4 is 4.74 Å². The largest absolute Gasteiger partial charge is 0.508 e. The highest BCUT2D eigenvalue weighted by molar-refractivity contribution is 6.09. The molecule has 0 aliphatic carbocycles. The predicted octanol–water partition coefficient (Wildman–Crippen LogP) is 6.72. The van der Waals surface area contributed by atoms with Gasteiger partial charge in [-0.15, -0.1) is 0 Å². The van der Waals surface area contributed by atoms with Crippen LogP contribution in [0.2, 0.25) is 0 Å². The Morgan fingerprint density at radius 1 is 0.621 bits per heavy atom. The Labute approximate surface area is 339 Å². The van der Waals surface area contributed by atoms with Gasteiger partial charge in [0, 0.05) is 47.6 Å². The molecule has 1 fully saturated rings. The van der Waals surface area contributed by atoms with Gasteiger partial charge in [0.2, 0.25) is 0 Å². The molecule has 58 heavy (non-hydrogen) atoms. The van der Waals surface area contributed by atoms with Crippen molar-refractivity contribution in [1.82, 2.24) is 0 Å². The number of hydrogen-bond acceptors (Lipinski definition) is 12. The number of ketones is 2. The van der Waals surface area contributed by atoms with Crippen molar-refractivity contribution in [3.8, 4) is 11.5 Å². The number of aromatic hydroxyl groups is 1. The maximum Gasteiger partial charge on any atom is 0.330 e. The van der Waals surface area contributed by atoms with Crippen LogP contribution in [0.15, 0.2) is 135 Å². The highest BCUT2D eigenvalue weighted by Gasteiger charge is 2.22. The number of esters is 2. The third-order valence-electron chi connectivity index (χ3n) is 7.96. The Morgan fingerprint density at radius 3 is 1.52 bits per heavy atom. The van der Waals surface area contributed by atoms with Crippen LogP contribution in [-0.4, -0.2) is 98.8 Å². The van der Waals surface area contributed by atoms with Crippen molar-refractivity contribution in [1.29, 1.82) is 0 Å². The molecule has 0 radical (unpaired) electrons.